The molecular weight excluding hydrogens is 176 g/mol. The van der Waals surface area contributed by atoms with E-state index >= 15 is 0 Å². The molecule has 1 amide bonds. The number of nitriles is 1. The summed E-state index contributed by atoms with van der Waals surface area (Å²) in [6, 6.07) is 9.21. The third-order valence-electron chi connectivity index (χ3n) is 1.96. The number of rotatable bonds is 2. The van der Waals surface area contributed by atoms with Crippen LogP contribution in [-0.2, 0) is 4.79 Å². The van der Waals surface area contributed by atoms with Gasteiger partial charge in [-0.15, -0.1) is 0 Å². The molecule has 1 atom stereocenters. The fraction of sp³-hybridized carbons (Fsp3) is 0.273. The molecule has 0 heterocycles. The minimum atomic E-state index is -0.0538. The normalized spacial score (nSPS) is 11.5. The molecule has 3 nitrogen and oxygen atoms in total. The fourth-order valence-corrected chi connectivity index (χ4v) is 1.23. The third kappa shape index (κ3) is 2.60. The van der Waals surface area contributed by atoms with Crippen LogP contribution in [-0.4, -0.2) is 5.91 Å². The molecule has 1 N–H and O–H groups in total. The molecule has 1 unspecified atom stereocenters. The van der Waals surface area contributed by atoms with Crippen LogP contribution in [0, 0.1) is 11.3 Å². The largest absolute Gasteiger partial charge is 0.350 e. The van der Waals surface area contributed by atoms with E-state index in [0.29, 0.717) is 5.56 Å². The van der Waals surface area contributed by atoms with Gasteiger partial charge in [-0.05, 0) is 24.6 Å². The Morgan fingerprint density at radius 3 is 2.43 bits per heavy atom. The maximum Gasteiger partial charge on any atom is 0.217 e. The van der Waals surface area contributed by atoms with E-state index in [4.69, 9.17) is 5.26 Å². The topological polar surface area (TPSA) is 52.9 Å². The minimum absolute atomic E-state index is 0.0137. The maximum atomic E-state index is 10.8. The number of amides is 1. The minimum Gasteiger partial charge on any atom is -0.350 e. The number of nitrogens with zero attached hydrogens (tertiary/aromatic N) is 1. The molecule has 3 heteroatoms. The van der Waals surface area contributed by atoms with Crippen molar-refractivity contribution in [1.29, 1.82) is 5.26 Å². The Balaban J connectivity index is 2.77. The quantitative estimate of drug-likeness (QED) is 0.768. The molecule has 0 saturated carbocycles. The maximum absolute atomic E-state index is 10.8. The van der Waals surface area contributed by atoms with Crippen LogP contribution in [0.25, 0.3) is 0 Å². The number of carbonyl (C=O) groups is 1. The summed E-state index contributed by atoms with van der Waals surface area (Å²) in [5.41, 5.74) is 1.63. The number of benzene rings is 1. The molecule has 1 rings (SSSR count). The molecular formula is C11H12N2O. The Bertz CT molecular complexity index is 362. The lowest BCUT2D eigenvalue weighted by Gasteiger charge is -2.12. The van der Waals surface area contributed by atoms with E-state index in [2.05, 4.69) is 5.32 Å². The van der Waals surface area contributed by atoms with Gasteiger partial charge in [-0.25, -0.2) is 0 Å². The molecule has 1 aromatic carbocycles. The second kappa shape index (κ2) is 4.43. The van der Waals surface area contributed by atoms with Crippen molar-refractivity contribution in [1.82, 2.24) is 5.32 Å². The van der Waals surface area contributed by atoms with Crippen LogP contribution < -0.4 is 5.32 Å². The highest BCUT2D eigenvalue weighted by atomic mass is 16.1. The van der Waals surface area contributed by atoms with Gasteiger partial charge in [0.1, 0.15) is 0 Å². The van der Waals surface area contributed by atoms with Crippen molar-refractivity contribution >= 4 is 5.91 Å². The van der Waals surface area contributed by atoms with E-state index < -0.39 is 0 Å². The molecule has 0 saturated heterocycles. The second-order valence-corrected chi connectivity index (χ2v) is 3.16. The van der Waals surface area contributed by atoms with Gasteiger partial charge in [-0.2, -0.15) is 5.26 Å². The monoisotopic (exact) mass is 188 g/mol. The van der Waals surface area contributed by atoms with Crippen LogP contribution in [0.3, 0.4) is 0 Å². The lowest BCUT2D eigenvalue weighted by Crippen LogP contribution is -2.23. The van der Waals surface area contributed by atoms with Gasteiger partial charge in [-0.1, -0.05) is 12.1 Å². The van der Waals surface area contributed by atoms with Crippen LogP contribution >= 0.6 is 0 Å². The Hall–Kier alpha value is -1.82. The predicted octanol–water partition coefficient (Wildman–Crippen LogP) is 1.76. The Kier molecular flexibility index (Phi) is 3.24. The van der Waals surface area contributed by atoms with E-state index in [1.165, 1.54) is 6.92 Å². The van der Waals surface area contributed by atoms with Gasteiger partial charge in [0.2, 0.25) is 5.91 Å². The Morgan fingerprint density at radius 2 is 2.00 bits per heavy atom. The zero-order valence-electron chi connectivity index (χ0n) is 8.24. The van der Waals surface area contributed by atoms with Gasteiger partial charge < -0.3 is 5.32 Å². The van der Waals surface area contributed by atoms with E-state index in [1.807, 2.05) is 25.1 Å². The van der Waals surface area contributed by atoms with Gasteiger partial charge in [0.15, 0.2) is 0 Å². The zero-order chi connectivity index (χ0) is 10.6. The van der Waals surface area contributed by atoms with Crippen LogP contribution in [0.4, 0.5) is 0 Å². The highest BCUT2D eigenvalue weighted by molar-refractivity contribution is 5.73. The van der Waals surface area contributed by atoms with Crippen molar-refractivity contribution in [3.05, 3.63) is 35.4 Å². The van der Waals surface area contributed by atoms with Gasteiger partial charge in [0.25, 0.3) is 0 Å². The summed E-state index contributed by atoms with van der Waals surface area (Å²) in [7, 11) is 0. The first-order valence-electron chi connectivity index (χ1n) is 4.40. The van der Waals surface area contributed by atoms with E-state index in [-0.39, 0.29) is 11.9 Å². The molecule has 0 fully saturated rings. The van der Waals surface area contributed by atoms with Gasteiger partial charge >= 0.3 is 0 Å². The first-order valence-corrected chi connectivity index (χ1v) is 4.40. The van der Waals surface area contributed by atoms with Crippen molar-refractivity contribution in [2.45, 2.75) is 19.9 Å². The fourth-order valence-electron chi connectivity index (χ4n) is 1.23. The molecule has 0 aliphatic heterocycles. The summed E-state index contributed by atoms with van der Waals surface area (Å²) in [5.74, 6) is -0.0538. The van der Waals surface area contributed by atoms with E-state index in [1.54, 1.807) is 12.1 Å². The highest BCUT2D eigenvalue weighted by Crippen LogP contribution is 2.12. The Morgan fingerprint density at radius 1 is 1.43 bits per heavy atom. The number of carbonyl (C=O) groups excluding carboxylic acids is 1. The standard InChI is InChI=1S/C11H12N2O/c1-8(13-9(2)14)11-5-3-10(7-12)4-6-11/h3-6,8H,1-2H3,(H,13,14). The summed E-state index contributed by atoms with van der Waals surface area (Å²) < 4.78 is 0. The van der Waals surface area contributed by atoms with Gasteiger partial charge in [-0.3, -0.25) is 4.79 Å². The van der Waals surface area contributed by atoms with Crippen molar-refractivity contribution in [3.63, 3.8) is 0 Å². The molecule has 72 valence electrons. The highest BCUT2D eigenvalue weighted by Gasteiger charge is 2.05. The van der Waals surface area contributed by atoms with Crippen molar-refractivity contribution in [3.8, 4) is 6.07 Å². The smallest absolute Gasteiger partial charge is 0.217 e. The predicted molar refractivity (Wildman–Crippen MR) is 53.4 cm³/mol. The molecule has 0 aromatic heterocycles. The lowest BCUT2D eigenvalue weighted by atomic mass is 10.1. The van der Waals surface area contributed by atoms with Gasteiger partial charge in [0.05, 0.1) is 17.7 Å². The van der Waals surface area contributed by atoms with Crippen LogP contribution in [0.15, 0.2) is 24.3 Å². The number of nitrogens with one attached hydrogen (secondary N) is 1. The summed E-state index contributed by atoms with van der Waals surface area (Å²) in [5, 5.41) is 11.4. The molecule has 0 radical (unpaired) electrons. The lowest BCUT2D eigenvalue weighted by molar-refractivity contribution is -0.119. The van der Waals surface area contributed by atoms with Gasteiger partial charge in [0, 0.05) is 6.92 Å². The van der Waals surface area contributed by atoms with E-state index in [0.717, 1.165) is 5.56 Å². The van der Waals surface area contributed by atoms with Crippen molar-refractivity contribution in [2.75, 3.05) is 0 Å². The van der Waals surface area contributed by atoms with Crippen LogP contribution in [0.2, 0.25) is 0 Å². The molecule has 0 spiro atoms. The van der Waals surface area contributed by atoms with Crippen LogP contribution in [0.5, 0.6) is 0 Å². The first-order chi connectivity index (χ1) is 6.63. The average molecular weight is 188 g/mol. The number of hydrogen-bond acceptors (Lipinski definition) is 2. The third-order valence-corrected chi connectivity index (χ3v) is 1.96. The average Bonchev–Trinajstić information content (AvgIpc) is 2.17. The molecule has 14 heavy (non-hydrogen) atoms. The summed E-state index contributed by atoms with van der Waals surface area (Å²) in [4.78, 5) is 10.8. The molecule has 0 aliphatic rings. The molecule has 0 aliphatic carbocycles. The molecule has 1 aromatic rings. The summed E-state index contributed by atoms with van der Waals surface area (Å²) >= 11 is 0. The SMILES string of the molecule is CC(=O)NC(C)c1ccc(C#N)cc1. The van der Waals surface area contributed by atoms with Crippen molar-refractivity contribution in [2.24, 2.45) is 0 Å². The summed E-state index contributed by atoms with van der Waals surface area (Å²) in [6.07, 6.45) is 0. The summed E-state index contributed by atoms with van der Waals surface area (Å²) in [6.45, 7) is 3.39. The van der Waals surface area contributed by atoms with Crippen molar-refractivity contribution < 1.29 is 4.79 Å². The van der Waals surface area contributed by atoms with Crippen LogP contribution in [0.1, 0.15) is 31.0 Å². The number of hydrogen-bond donors (Lipinski definition) is 1. The zero-order valence-corrected chi connectivity index (χ0v) is 8.24. The second-order valence-electron chi connectivity index (χ2n) is 3.16. The Labute approximate surface area is 83.4 Å². The molecule has 0 bridgehead atoms. The first kappa shape index (κ1) is 10.3. The van der Waals surface area contributed by atoms with E-state index in [9.17, 15) is 4.79 Å².